The lowest BCUT2D eigenvalue weighted by atomic mass is 10.0. The van der Waals surface area contributed by atoms with Gasteiger partial charge in [0, 0.05) is 6.42 Å². The van der Waals surface area contributed by atoms with Crippen LogP contribution >= 0.6 is 0 Å². The second-order valence-corrected chi connectivity index (χ2v) is 5.81. The average Bonchev–Trinajstić information content (AvgIpc) is 2.38. The number of alkyl halides is 3. The summed E-state index contributed by atoms with van der Waals surface area (Å²) >= 11 is 0. The third-order valence-electron chi connectivity index (χ3n) is 3.71. The van der Waals surface area contributed by atoms with Crippen molar-refractivity contribution >= 4 is 0 Å². The van der Waals surface area contributed by atoms with E-state index in [0.29, 0.717) is 6.42 Å². The van der Waals surface area contributed by atoms with Crippen LogP contribution in [0.3, 0.4) is 0 Å². The molecule has 3 heteroatoms. The first-order chi connectivity index (χ1) is 9.56. The second kappa shape index (κ2) is 13.8. The quantitative estimate of drug-likeness (QED) is 0.296. The van der Waals surface area contributed by atoms with Gasteiger partial charge >= 0.3 is 6.18 Å². The van der Waals surface area contributed by atoms with Crippen molar-refractivity contribution in [2.24, 2.45) is 0 Å². The molecule has 0 aliphatic heterocycles. The number of rotatable bonds is 14. The molecule has 0 rings (SSSR count). The Kier molecular flexibility index (Phi) is 13.6. The molecule has 0 nitrogen and oxygen atoms in total. The highest BCUT2D eigenvalue weighted by atomic mass is 19.4. The van der Waals surface area contributed by atoms with Gasteiger partial charge in [-0.15, -0.1) is 0 Å². The Balaban J connectivity index is 2.99. The normalized spacial score (nSPS) is 12.0. The summed E-state index contributed by atoms with van der Waals surface area (Å²) in [5.41, 5.74) is 0. The predicted octanol–water partition coefficient (Wildman–Crippen LogP) is 7.23. The van der Waals surface area contributed by atoms with E-state index in [1.807, 2.05) is 0 Å². The van der Waals surface area contributed by atoms with E-state index in [-0.39, 0.29) is 0 Å². The van der Waals surface area contributed by atoms with Gasteiger partial charge in [-0.1, -0.05) is 90.4 Å². The smallest absolute Gasteiger partial charge is 0.171 e. The molecular formula is C17H32F3. The molecule has 0 unspecified atom stereocenters. The van der Waals surface area contributed by atoms with E-state index in [1.54, 1.807) is 0 Å². The standard InChI is InChI=1S/C17H32F3/c1-2-3-4-5-6-7-8-9-10-11-12-13-14-15-16-17(18,19)20/h1-16H2. The van der Waals surface area contributed by atoms with Crippen molar-refractivity contribution in [2.45, 2.75) is 102 Å². The van der Waals surface area contributed by atoms with Crippen LogP contribution in [0.5, 0.6) is 0 Å². The molecule has 0 atom stereocenters. The molecule has 0 N–H and O–H groups in total. The van der Waals surface area contributed by atoms with Gasteiger partial charge in [0.2, 0.25) is 0 Å². The van der Waals surface area contributed by atoms with Gasteiger partial charge in [0.1, 0.15) is 0 Å². The SMILES string of the molecule is [CH2]CCCCCCCCCCCCCCCC(F)(F)F. The van der Waals surface area contributed by atoms with Crippen molar-refractivity contribution in [3.8, 4) is 0 Å². The van der Waals surface area contributed by atoms with Crippen LogP contribution in [0.4, 0.5) is 13.2 Å². The molecule has 1 radical (unpaired) electrons. The molecule has 0 aromatic carbocycles. The van der Waals surface area contributed by atoms with Crippen LogP contribution < -0.4 is 0 Å². The molecule has 0 bridgehead atoms. The monoisotopic (exact) mass is 293 g/mol. The number of halogens is 3. The number of hydrogen-bond acceptors (Lipinski definition) is 0. The summed E-state index contributed by atoms with van der Waals surface area (Å²) in [4.78, 5) is 0. The molecule has 0 spiro atoms. The van der Waals surface area contributed by atoms with Crippen molar-refractivity contribution in [3.63, 3.8) is 0 Å². The van der Waals surface area contributed by atoms with Crippen LogP contribution in [0.2, 0.25) is 0 Å². The molecule has 0 saturated heterocycles. The van der Waals surface area contributed by atoms with Crippen LogP contribution in [0, 0.1) is 6.92 Å². The zero-order chi connectivity index (χ0) is 15.1. The third-order valence-corrected chi connectivity index (χ3v) is 3.71. The van der Waals surface area contributed by atoms with Crippen LogP contribution in [0.15, 0.2) is 0 Å². The molecule has 0 saturated carbocycles. The zero-order valence-electron chi connectivity index (χ0n) is 12.9. The van der Waals surface area contributed by atoms with E-state index < -0.39 is 12.6 Å². The van der Waals surface area contributed by atoms with Crippen molar-refractivity contribution in [1.29, 1.82) is 0 Å². The maximum absolute atomic E-state index is 11.9. The molecule has 0 heterocycles. The van der Waals surface area contributed by atoms with Crippen molar-refractivity contribution in [1.82, 2.24) is 0 Å². The lowest BCUT2D eigenvalue weighted by molar-refractivity contribution is -0.135. The third kappa shape index (κ3) is 17.8. The van der Waals surface area contributed by atoms with Crippen LogP contribution in [0.1, 0.15) is 96.3 Å². The van der Waals surface area contributed by atoms with Gasteiger partial charge in [-0.2, -0.15) is 13.2 Å². The highest BCUT2D eigenvalue weighted by Gasteiger charge is 2.25. The van der Waals surface area contributed by atoms with E-state index in [0.717, 1.165) is 25.7 Å². The van der Waals surface area contributed by atoms with Gasteiger partial charge in [0.25, 0.3) is 0 Å². The highest BCUT2D eigenvalue weighted by Crippen LogP contribution is 2.23. The summed E-state index contributed by atoms with van der Waals surface area (Å²) in [7, 11) is 0. The van der Waals surface area contributed by atoms with E-state index in [2.05, 4.69) is 6.92 Å². The van der Waals surface area contributed by atoms with Crippen molar-refractivity contribution in [2.75, 3.05) is 0 Å². The topological polar surface area (TPSA) is 0 Å². The molecule has 0 aliphatic rings. The minimum absolute atomic E-state index is 0.302. The van der Waals surface area contributed by atoms with E-state index in [1.165, 1.54) is 57.8 Å². The maximum atomic E-state index is 11.9. The fourth-order valence-corrected chi connectivity index (χ4v) is 2.45. The largest absolute Gasteiger partial charge is 0.389 e. The Hall–Kier alpha value is -0.210. The summed E-state index contributed by atoms with van der Waals surface area (Å²) in [6.07, 6.45) is 11.2. The summed E-state index contributed by atoms with van der Waals surface area (Å²) in [6.45, 7) is 3.84. The van der Waals surface area contributed by atoms with Crippen LogP contribution in [0.25, 0.3) is 0 Å². The van der Waals surface area contributed by atoms with Gasteiger partial charge in [-0.3, -0.25) is 0 Å². The summed E-state index contributed by atoms with van der Waals surface area (Å²) in [6, 6.07) is 0. The van der Waals surface area contributed by atoms with Crippen LogP contribution in [-0.4, -0.2) is 6.18 Å². The van der Waals surface area contributed by atoms with Crippen LogP contribution in [-0.2, 0) is 0 Å². The Morgan fingerprint density at radius 3 is 1.10 bits per heavy atom. The van der Waals surface area contributed by atoms with Gasteiger partial charge in [0.05, 0.1) is 0 Å². The van der Waals surface area contributed by atoms with Crippen molar-refractivity contribution in [3.05, 3.63) is 6.92 Å². The first-order valence-electron chi connectivity index (χ1n) is 8.42. The molecule has 20 heavy (non-hydrogen) atoms. The van der Waals surface area contributed by atoms with Gasteiger partial charge in [-0.25, -0.2) is 0 Å². The predicted molar refractivity (Wildman–Crippen MR) is 80.7 cm³/mol. The lowest BCUT2D eigenvalue weighted by Gasteiger charge is -2.05. The Morgan fingerprint density at radius 1 is 0.500 bits per heavy atom. The molecular weight excluding hydrogens is 261 g/mol. The summed E-state index contributed by atoms with van der Waals surface area (Å²) in [5, 5.41) is 0. The second-order valence-electron chi connectivity index (χ2n) is 5.81. The first-order valence-corrected chi connectivity index (χ1v) is 8.42. The zero-order valence-corrected chi connectivity index (χ0v) is 12.9. The molecule has 0 aliphatic carbocycles. The molecule has 0 fully saturated rings. The maximum Gasteiger partial charge on any atom is 0.389 e. The fourth-order valence-electron chi connectivity index (χ4n) is 2.45. The summed E-state index contributed by atoms with van der Waals surface area (Å²) < 4.78 is 35.7. The van der Waals surface area contributed by atoms with E-state index in [4.69, 9.17) is 0 Å². The number of hydrogen-bond donors (Lipinski definition) is 0. The first kappa shape index (κ1) is 19.8. The molecule has 0 aromatic heterocycles. The minimum atomic E-state index is -3.96. The minimum Gasteiger partial charge on any atom is -0.171 e. The lowest BCUT2D eigenvalue weighted by Crippen LogP contribution is -2.06. The Morgan fingerprint density at radius 2 is 0.800 bits per heavy atom. The van der Waals surface area contributed by atoms with E-state index >= 15 is 0 Å². The Bertz CT molecular complexity index is 187. The van der Waals surface area contributed by atoms with Crippen molar-refractivity contribution < 1.29 is 13.2 Å². The van der Waals surface area contributed by atoms with E-state index in [9.17, 15) is 13.2 Å². The molecule has 0 aromatic rings. The van der Waals surface area contributed by atoms with Gasteiger partial charge < -0.3 is 0 Å². The average molecular weight is 293 g/mol. The van der Waals surface area contributed by atoms with Gasteiger partial charge in [0.15, 0.2) is 0 Å². The Labute approximate surface area is 123 Å². The van der Waals surface area contributed by atoms with Gasteiger partial charge in [-0.05, 0) is 6.42 Å². The molecule has 0 amide bonds. The highest BCUT2D eigenvalue weighted by molar-refractivity contribution is 4.53. The fraction of sp³-hybridized carbons (Fsp3) is 0.941. The molecule has 121 valence electrons. The summed E-state index contributed by atoms with van der Waals surface area (Å²) in [5.74, 6) is 0. The number of unbranched alkanes of at least 4 members (excludes halogenated alkanes) is 13.